The van der Waals surface area contributed by atoms with Crippen molar-refractivity contribution in [3.05, 3.63) is 56.1 Å². The number of anilines is 4. The number of piperidine rings is 1. The molecule has 1 aliphatic heterocycles. The minimum atomic E-state index is -0.447. The standard InChI is InChI=1S/C26H24BrCl2N5O4S/c1-37-22-17(27)23(38-2)19(29)21(18(22)28)33-26(36)16-11-39-24-20(16)30-12-31-25(24)32-13-3-5-14(6-4-13)34-9-7-15(35)8-10-34/h3-6,11-12,15,35H,7-10H2,1-2H3,(H,33,36)(H,30,31,32). The highest BCUT2D eigenvalue weighted by molar-refractivity contribution is 9.10. The van der Waals surface area contributed by atoms with Gasteiger partial charge in [-0.2, -0.15) is 0 Å². The van der Waals surface area contributed by atoms with E-state index in [1.165, 1.54) is 31.9 Å². The van der Waals surface area contributed by atoms with Crippen molar-refractivity contribution in [1.82, 2.24) is 9.97 Å². The first-order valence-electron chi connectivity index (χ1n) is 11.9. The number of thiophene rings is 1. The van der Waals surface area contributed by atoms with E-state index in [0.29, 0.717) is 21.4 Å². The fourth-order valence-corrected chi connectivity index (χ4v) is 6.95. The number of nitrogens with zero attached hydrogens (tertiary/aromatic N) is 3. The van der Waals surface area contributed by atoms with Crippen molar-refractivity contribution >= 4 is 89.5 Å². The first kappa shape index (κ1) is 27.7. The summed E-state index contributed by atoms with van der Waals surface area (Å²) in [6.07, 6.45) is 2.74. The van der Waals surface area contributed by atoms with Crippen LogP contribution in [0.2, 0.25) is 10.0 Å². The summed E-state index contributed by atoms with van der Waals surface area (Å²) in [7, 11) is 2.91. The number of hydrogen-bond acceptors (Lipinski definition) is 9. The number of benzene rings is 2. The number of aliphatic hydroxyl groups excluding tert-OH is 1. The Kier molecular flexibility index (Phi) is 8.34. The van der Waals surface area contributed by atoms with Gasteiger partial charge < -0.3 is 30.1 Å². The van der Waals surface area contributed by atoms with Gasteiger partial charge in [0, 0.05) is 29.8 Å². The summed E-state index contributed by atoms with van der Waals surface area (Å²) in [6.45, 7) is 1.66. The summed E-state index contributed by atoms with van der Waals surface area (Å²) in [5.41, 5.74) is 2.95. The molecular formula is C26H24BrCl2N5O4S. The van der Waals surface area contributed by atoms with Crippen LogP contribution in [0.5, 0.6) is 11.5 Å². The number of rotatable bonds is 7. The van der Waals surface area contributed by atoms with Gasteiger partial charge >= 0.3 is 0 Å². The van der Waals surface area contributed by atoms with E-state index in [9.17, 15) is 9.90 Å². The summed E-state index contributed by atoms with van der Waals surface area (Å²) in [4.78, 5) is 24.4. The van der Waals surface area contributed by atoms with Crippen molar-refractivity contribution in [3.63, 3.8) is 0 Å². The van der Waals surface area contributed by atoms with E-state index >= 15 is 0 Å². The highest BCUT2D eigenvalue weighted by Gasteiger charge is 2.26. The second-order valence-corrected chi connectivity index (χ2v) is 11.2. The van der Waals surface area contributed by atoms with Gasteiger partial charge in [-0.1, -0.05) is 23.2 Å². The molecular weight excluding hydrogens is 629 g/mol. The van der Waals surface area contributed by atoms with E-state index in [4.69, 9.17) is 32.7 Å². The van der Waals surface area contributed by atoms with Crippen molar-refractivity contribution < 1.29 is 19.4 Å². The molecule has 9 nitrogen and oxygen atoms in total. The third-order valence-electron chi connectivity index (χ3n) is 6.44. The molecule has 2 aromatic carbocycles. The van der Waals surface area contributed by atoms with Crippen LogP contribution in [0.1, 0.15) is 23.2 Å². The normalized spacial score (nSPS) is 13.9. The Morgan fingerprint density at radius 3 is 2.36 bits per heavy atom. The number of aromatic nitrogens is 2. The first-order valence-corrected chi connectivity index (χ1v) is 14.4. The Hall–Kier alpha value is -2.83. The van der Waals surface area contributed by atoms with Gasteiger partial charge in [-0.3, -0.25) is 4.79 Å². The largest absolute Gasteiger partial charge is 0.494 e. The van der Waals surface area contributed by atoms with Gasteiger partial charge in [0.1, 0.15) is 20.8 Å². The van der Waals surface area contributed by atoms with E-state index in [-0.39, 0.29) is 33.3 Å². The zero-order chi connectivity index (χ0) is 27.7. The molecule has 0 atom stereocenters. The summed E-state index contributed by atoms with van der Waals surface area (Å²) < 4.78 is 11.9. The number of fused-ring (bicyclic) bond motifs is 1. The van der Waals surface area contributed by atoms with Gasteiger partial charge in [-0.05, 0) is 53.0 Å². The molecule has 1 fully saturated rings. The molecule has 0 saturated carbocycles. The molecule has 0 radical (unpaired) electrons. The molecule has 2 aromatic heterocycles. The third-order valence-corrected chi connectivity index (χ3v) is 8.86. The molecule has 4 aromatic rings. The second kappa shape index (κ2) is 11.7. The Morgan fingerprint density at radius 1 is 1.10 bits per heavy atom. The number of carbonyl (C=O) groups excluding carboxylic acids is 1. The number of nitrogens with one attached hydrogen (secondary N) is 2. The summed E-state index contributed by atoms with van der Waals surface area (Å²) >= 11 is 17.7. The van der Waals surface area contributed by atoms with Crippen LogP contribution in [0.15, 0.2) is 40.4 Å². The van der Waals surface area contributed by atoms with E-state index in [1.54, 1.807) is 5.38 Å². The lowest BCUT2D eigenvalue weighted by Gasteiger charge is -2.31. The number of carbonyl (C=O) groups is 1. The molecule has 0 aliphatic carbocycles. The molecule has 1 aliphatic rings. The van der Waals surface area contributed by atoms with Crippen LogP contribution in [0.25, 0.3) is 10.2 Å². The average molecular weight is 653 g/mol. The zero-order valence-electron chi connectivity index (χ0n) is 20.9. The van der Waals surface area contributed by atoms with Gasteiger partial charge in [0.2, 0.25) is 0 Å². The molecule has 3 heterocycles. The van der Waals surface area contributed by atoms with Crippen molar-refractivity contribution in [2.75, 3.05) is 42.8 Å². The van der Waals surface area contributed by atoms with Crippen LogP contribution < -0.4 is 25.0 Å². The molecule has 0 unspecified atom stereocenters. The topological polar surface area (TPSA) is 109 Å². The number of amides is 1. The lowest BCUT2D eigenvalue weighted by atomic mass is 10.1. The van der Waals surface area contributed by atoms with Gasteiger partial charge in [0.15, 0.2) is 17.3 Å². The number of ether oxygens (including phenoxy) is 2. The lowest BCUT2D eigenvalue weighted by Crippen LogP contribution is -2.35. The van der Waals surface area contributed by atoms with E-state index in [0.717, 1.165) is 42.0 Å². The predicted molar refractivity (Wildman–Crippen MR) is 160 cm³/mol. The summed E-state index contributed by atoms with van der Waals surface area (Å²) in [6, 6.07) is 8.04. The molecule has 3 N–H and O–H groups in total. The molecule has 0 spiro atoms. The second-order valence-electron chi connectivity index (χ2n) is 8.78. The lowest BCUT2D eigenvalue weighted by molar-refractivity contribution is 0.102. The summed E-state index contributed by atoms with van der Waals surface area (Å²) in [5, 5.41) is 17.8. The average Bonchev–Trinajstić information content (AvgIpc) is 3.38. The molecule has 5 rings (SSSR count). The van der Waals surface area contributed by atoms with Gasteiger partial charge in [-0.15, -0.1) is 11.3 Å². The van der Waals surface area contributed by atoms with Crippen molar-refractivity contribution in [2.24, 2.45) is 0 Å². The number of methoxy groups -OCH3 is 2. The Balaban J connectivity index is 1.38. The van der Waals surface area contributed by atoms with Crippen molar-refractivity contribution in [2.45, 2.75) is 18.9 Å². The molecule has 204 valence electrons. The van der Waals surface area contributed by atoms with Crippen LogP contribution in [0, 0.1) is 0 Å². The Labute approximate surface area is 247 Å². The molecule has 0 bridgehead atoms. The molecule has 13 heteroatoms. The van der Waals surface area contributed by atoms with E-state index in [2.05, 4.69) is 41.4 Å². The molecule has 1 saturated heterocycles. The maximum Gasteiger partial charge on any atom is 0.258 e. The fourth-order valence-electron chi connectivity index (χ4n) is 4.39. The minimum Gasteiger partial charge on any atom is -0.494 e. The Bertz CT molecular complexity index is 1500. The van der Waals surface area contributed by atoms with Crippen LogP contribution in [0.3, 0.4) is 0 Å². The Morgan fingerprint density at radius 2 is 1.74 bits per heavy atom. The quantitative estimate of drug-likeness (QED) is 0.202. The SMILES string of the molecule is COc1c(Cl)c(NC(=O)c2csc3c(Nc4ccc(N5CCC(O)CC5)cc4)ncnc23)c(Cl)c(OC)c1Br. The highest BCUT2D eigenvalue weighted by atomic mass is 79.9. The number of hydrogen-bond donors (Lipinski definition) is 3. The van der Waals surface area contributed by atoms with Crippen LogP contribution in [-0.4, -0.2) is 54.4 Å². The van der Waals surface area contributed by atoms with E-state index in [1.807, 2.05) is 24.3 Å². The van der Waals surface area contributed by atoms with Crippen molar-refractivity contribution in [3.8, 4) is 11.5 Å². The zero-order valence-corrected chi connectivity index (χ0v) is 24.8. The predicted octanol–water partition coefficient (Wildman–Crippen LogP) is 6.73. The maximum absolute atomic E-state index is 13.3. The maximum atomic E-state index is 13.3. The monoisotopic (exact) mass is 651 g/mol. The van der Waals surface area contributed by atoms with Crippen LogP contribution in [-0.2, 0) is 0 Å². The molecule has 39 heavy (non-hydrogen) atoms. The first-order chi connectivity index (χ1) is 18.8. The highest BCUT2D eigenvalue weighted by Crippen LogP contribution is 2.50. The molecule has 1 amide bonds. The van der Waals surface area contributed by atoms with Crippen LogP contribution in [0.4, 0.5) is 22.9 Å². The number of aliphatic hydroxyl groups is 1. The van der Waals surface area contributed by atoms with Crippen LogP contribution >= 0.6 is 50.5 Å². The minimum absolute atomic E-state index is 0.129. The van der Waals surface area contributed by atoms with Crippen molar-refractivity contribution in [1.29, 1.82) is 0 Å². The third kappa shape index (κ3) is 5.46. The van der Waals surface area contributed by atoms with Gasteiger partial charge in [0.25, 0.3) is 5.91 Å². The van der Waals surface area contributed by atoms with E-state index < -0.39 is 5.91 Å². The number of halogens is 3. The summed E-state index contributed by atoms with van der Waals surface area (Å²) in [5.74, 6) is 0.695. The fraction of sp³-hybridized carbons (Fsp3) is 0.269. The smallest absolute Gasteiger partial charge is 0.258 e. The van der Waals surface area contributed by atoms with Gasteiger partial charge in [-0.25, -0.2) is 9.97 Å². The van der Waals surface area contributed by atoms with Gasteiger partial charge in [0.05, 0.1) is 41.8 Å².